The van der Waals surface area contributed by atoms with Crippen LogP contribution in [0.2, 0.25) is 0 Å². The van der Waals surface area contributed by atoms with Crippen molar-refractivity contribution in [2.24, 2.45) is 0 Å². The number of ether oxygens (including phenoxy) is 1. The summed E-state index contributed by atoms with van der Waals surface area (Å²) in [4.78, 5) is 29.7. The van der Waals surface area contributed by atoms with Crippen molar-refractivity contribution in [3.63, 3.8) is 0 Å². The molecule has 1 fully saturated rings. The molecule has 2 atom stereocenters. The number of nitrogens with one attached hydrogen (secondary N) is 1. The van der Waals surface area contributed by atoms with Crippen LogP contribution in [-0.4, -0.2) is 47.8 Å². The van der Waals surface area contributed by atoms with Crippen LogP contribution in [0.4, 0.5) is 0 Å². The first-order valence-corrected chi connectivity index (χ1v) is 12.4. The van der Waals surface area contributed by atoms with Gasteiger partial charge >= 0.3 is 5.97 Å². The van der Waals surface area contributed by atoms with Gasteiger partial charge in [-0.25, -0.2) is 8.42 Å². The molecule has 7 nitrogen and oxygen atoms in total. The predicted octanol–water partition coefficient (Wildman–Crippen LogP) is 3.84. The highest BCUT2D eigenvalue weighted by atomic mass is 32.2. The number of nitrogens with zero attached hydrogens (tertiary/aromatic N) is 1. The minimum absolute atomic E-state index is 0.0207. The van der Waals surface area contributed by atoms with Crippen molar-refractivity contribution in [3.05, 3.63) is 71.9 Å². The molecule has 168 valence electrons. The van der Waals surface area contributed by atoms with Crippen LogP contribution in [0.25, 0.3) is 10.9 Å². The van der Waals surface area contributed by atoms with Crippen LogP contribution >= 0.6 is 0 Å². The number of hydrogen-bond acceptors (Lipinski definition) is 5. The molecule has 1 aliphatic rings. The summed E-state index contributed by atoms with van der Waals surface area (Å²) in [6.07, 6.45) is 1.87. The van der Waals surface area contributed by atoms with E-state index in [0.717, 1.165) is 10.9 Å². The fourth-order valence-corrected chi connectivity index (χ4v) is 5.93. The minimum Gasteiger partial charge on any atom is -0.448 e. The molecule has 0 bridgehead atoms. The lowest BCUT2D eigenvalue weighted by molar-refractivity contribution is -0.151. The molecule has 0 radical (unpaired) electrons. The Labute approximate surface area is 187 Å². The summed E-state index contributed by atoms with van der Waals surface area (Å²) in [5.74, 6) is -1.07. The Morgan fingerprint density at radius 1 is 1.12 bits per heavy atom. The van der Waals surface area contributed by atoms with E-state index >= 15 is 0 Å². The van der Waals surface area contributed by atoms with E-state index in [9.17, 15) is 18.0 Å². The number of para-hydroxylation sites is 1. The third-order valence-corrected chi connectivity index (χ3v) is 7.80. The van der Waals surface area contributed by atoms with Crippen molar-refractivity contribution in [2.75, 3.05) is 12.3 Å². The quantitative estimate of drug-likeness (QED) is 0.412. The second-order valence-electron chi connectivity index (χ2n) is 7.92. The van der Waals surface area contributed by atoms with Gasteiger partial charge in [-0.15, -0.1) is 0 Å². The number of sulfonamides is 1. The Balaban J connectivity index is 1.65. The van der Waals surface area contributed by atoms with Gasteiger partial charge in [0.2, 0.25) is 15.8 Å². The number of carbonyl (C=O) groups is 2. The van der Waals surface area contributed by atoms with Crippen molar-refractivity contribution in [3.8, 4) is 0 Å². The molecule has 0 saturated carbocycles. The van der Waals surface area contributed by atoms with Crippen molar-refractivity contribution < 1.29 is 22.7 Å². The van der Waals surface area contributed by atoms with E-state index in [2.05, 4.69) is 4.98 Å². The van der Waals surface area contributed by atoms with E-state index in [1.807, 2.05) is 30.3 Å². The van der Waals surface area contributed by atoms with Crippen molar-refractivity contribution in [1.29, 1.82) is 0 Å². The number of rotatable bonds is 8. The number of Topliss-reactive ketones (excluding diaryl/α,β-unsaturated/α-hetero) is 1. The molecule has 1 N–H and O–H groups in total. The molecule has 4 rings (SSSR count). The van der Waals surface area contributed by atoms with Crippen molar-refractivity contribution in [1.82, 2.24) is 9.29 Å². The van der Waals surface area contributed by atoms with Crippen LogP contribution in [-0.2, 0) is 19.6 Å². The van der Waals surface area contributed by atoms with Gasteiger partial charge in [0.05, 0.1) is 5.75 Å². The molecular formula is C24H26N2O5S. The number of carbonyl (C=O) groups excluding carboxylic acids is 2. The van der Waals surface area contributed by atoms with Crippen LogP contribution in [0.5, 0.6) is 0 Å². The van der Waals surface area contributed by atoms with Gasteiger partial charge in [0.25, 0.3) is 0 Å². The van der Waals surface area contributed by atoms with Gasteiger partial charge in [-0.1, -0.05) is 55.5 Å². The van der Waals surface area contributed by atoms with E-state index in [0.29, 0.717) is 30.4 Å². The van der Waals surface area contributed by atoms with E-state index in [-0.39, 0.29) is 18.1 Å². The number of aromatic nitrogens is 1. The second kappa shape index (κ2) is 9.26. The molecule has 1 saturated heterocycles. The lowest BCUT2D eigenvalue weighted by Crippen LogP contribution is -2.43. The standard InChI is InChI=1S/C24H26N2O5S/c1-2-15-32(29,30)26-14-8-13-21(26)24(28)31-23(17-9-4-3-5-10-17)22(27)19-16-25-20-12-7-6-11-18(19)20/h3-7,9-12,16,21,23,25H,2,8,13-15H2,1H3/t21-,23+/m0/s1. The first kappa shape index (κ1) is 22.2. The van der Waals surface area contributed by atoms with Crippen molar-refractivity contribution >= 4 is 32.7 Å². The number of esters is 1. The van der Waals surface area contributed by atoms with Gasteiger partial charge in [-0.05, 0) is 25.3 Å². The van der Waals surface area contributed by atoms with E-state index in [4.69, 9.17) is 4.74 Å². The Kier molecular flexibility index (Phi) is 6.43. The maximum atomic E-state index is 13.5. The van der Waals surface area contributed by atoms with E-state index in [1.54, 1.807) is 37.4 Å². The Morgan fingerprint density at radius 2 is 1.84 bits per heavy atom. The summed E-state index contributed by atoms with van der Waals surface area (Å²) in [5.41, 5.74) is 1.77. The second-order valence-corrected chi connectivity index (χ2v) is 9.97. The topological polar surface area (TPSA) is 96.5 Å². The highest BCUT2D eigenvalue weighted by molar-refractivity contribution is 7.89. The lowest BCUT2D eigenvalue weighted by Gasteiger charge is -2.25. The van der Waals surface area contributed by atoms with Gasteiger partial charge in [-0.3, -0.25) is 9.59 Å². The maximum absolute atomic E-state index is 13.5. The average molecular weight is 455 g/mol. The molecule has 1 aromatic heterocycles. The molecule has 0 spiro atoms. The monoisotopic (exact) mass is 454 g/mol. The number of hydrogen-bond donors (Lipinski definition) is 1. The van der Waals surface area contributed by atoms with Gasteiger partial charge in [-0.2, -0.15) is 4.31 Å². The van der Waals surface area contributed by atoms with Gasteiger partial charge in [0.1, 0.15) is 6.04 Å². The zero-order valence-electron chi connectivity index (χ0n) is 17.9. The summed E-state index contributed by atoms with van der Waals surface area (Å²) in [7, 11) is -3.55. The molecule has 3 aromatic rings. The fourth-order valence-electron chi connectivity index (χ4n) is 4.20. The fraction of sp³-hybridized carbons (Fsp3) is 0.333. The summed E-state index contributed by atoms with van der Waals surface area (Å²) in [6, 6.07) is 15.3. The smallest absolute Gasteiger partial charge is 0.325 e. The van der Waals surface area contributed by atoms with Crippen LogP contribution in [0.3, 0.4) is 0 Å². The first-order chi connectivity index (χ1) is 15.4. The molecule has 32 heavy (non-hydrogen) atoms. The van der Waals surface area contributed by atoms with Gasteiger partial charge < -0.3 is 9.72 Å². The van der Waals surface area contributed by atoms with E-state index < -0.39 is 28.1 Å². The Hall–Kier alpha value is -2.97. The molecule has 0 unspecified atom stereocenters. The average Bonchev–Trinajstić information content (AvgIpc) is 3.45. The molecule has 1 aliphatic heterocycles. The van der Waals surface area contributed by atoms with Crippen LogP contribution < -0.4 is 0 Å². The number of H-pyrrole nitrogens is 1. The Morgan fingerprint density at radius 3 is 2.59 bits per heavy atom. The predicted molar refractivity (Wildman–Crippen MR) is 122 cm³/mol. The number of benzene rings is 2. The van der Waals surface area contributed by atoms with Crippen LogP contribution in [0.1, 0.15) is 48.2 Å². The molecule has 2 aromatic carbocycles. The number of ketones is 1. The first-order valence-electron chi connectivity index (χ1n) is 10.8. The SMILES string of the molecule is CCCS(=O)(=O)N1CCC[C@H]1C(=O)O[C@@H](C(=O)c1c[nH]c2ccccc12)c1ccccc1. The third-order valence-electron chi connectivity index (χ3n) is 5.72. The summed E-state index contributed by atoms with van der Waals surface area (Å²) in [6.45, 7) is 2.07. The number of aromatic amines is 1. The molecular weight excluding hydrogens is 428 g/mol. The van der Waals surface area contributed by atoms with Crippen LogP contribution in [0.15, 0.2) is 60.8 Å². The summed E-state index contributed by atoms with van der Waals surface area (Å²) < 4.78 is 32.2. The van der Waals surface area contributed by atoms with Gasteiger partial charge in [0, 0.05) is 34.8 Å². The van der Waals surface area contributed by atoms with E-state index in [1.165, 1.54) is 4.31 Å². The summed E-state index contributed by atoms with van der Waals surface area (Å²) >= 11 is 0. The Bertz CT molecular complexity index is 1220. The van der Waals surface area contributed by atoms with Crippen molar-refractivity contribution in [2.45, 2.75) is 38.3 Å². The third kappa shape index (κ3) is 4.33. The largest absolute Gasteiger partial charge is 0.448 e. The lowest BCUT2D eigenvalue weighted by atomic mass is 9.99. The molecule has 8 heteroatoms. The minimum atomic E-state index is -3.55. The van der Waals surface area contributed by atoms with Gasteiger partial charge in [0.15, 0.2) is 6.10 Å². The highest BCUT2D eigenvalue weighted by Gasteiger charge is 2.41. The highest BCUT2D eigenvalue weighted by Crippen LogP contribution is 2.30. The normalized spacial score (nSPS) is 18.0. The maximum Gasteiger partial charge on any atom is 0.325 e. The molecule has 0 aliphatic carbocycles. The zero-order chi connectivity index (χ0) is 22.7. The molecule has 2 heterocycles. The molecule has 0 amide bonds. The summed E-state index contributed by atoms with van der Waals surface area (Å²) in [5, 5.41) is 0.738. The van der Waals surface area contributed by atoms with Crippen LogP contribution in [0, 0.1) is 0 Å². The number of fused-ring (bicyclic) bond motifs is 1. The zero-order valence-corrected chi connectivity index (χ0v) is 18.7.